The van der Waals surface area contributed by atoms with Crippen molar-refractivity contribution in [1.82, 2.24) is 5.32 Å². The van der Waals surface area contributed by atoms with Gasteiger partial charge in [-0.1, -0.05) is 18.2 Å². The van der Waals surface area contributed by atoms with E-state index in [0.717, 1.165) is 11.8 Å². The summed E-state index contributed by atoms with van der Waals surface area (Å²) in [7, 11) is 3.17. The minimum Gasteiger partial charge on any atom is -0.493 e. The topological polar surface area (TPSA) is 73.9 Å². The molecule has 0 saturated heterocycles. The summed E-state index contributed by atoms with van der Waals surface area (Å²) in [6.45, 7) is 0.375. The first kappa shape index (κ1) is 18.3. The SMILES string of the molecule is COc1ccc(CCNC(=O)COc2cccc(C=O)c2)cc1OC. The number of hydrogen-bond donors (Lipinski definition) is 1. The van der Waals surface area contributed by atoms with Crippen molar-refractivity contribution in [3.8, 4) is 17.2 Å². The summed E-state index contributed by atoms with van der Waals surface area (Å²) in [5.74, 6) is 1.59. The first-order valence-corrected chi connectivity index (χ1v) is 7.82. The smallest absolute Gasteiger partial charge is 0.257 e. The number of ether oxygens (including phenoxy) is 3. The molecule has 0 aliphatic heterocycles. The van der Waals surface area contributed by atoms with Crippen molar-refractivity contribution >= 4 is 12.2 Å². The molecule has 0 heterocycles. The molecule has 6 nitrogen and oxygen atoms in total. The highest BCUT2D eigenvalue weighted by Gasteiger charge is 2.06. The molecule has 2 aromatic carbocycles. The number of methoxy groups -OCH3 is 2. The highest BCUT2D eigenvalue weighted by Crippen LogP contribution is 2.27. The summed E-state index contributed by atoms with van der Waals surface area (Å²) in [5.41, 5.74) is 1.53. The fourth-order valence-corrected chi connectivity index (χ4v) is 2.26. The third kappa shape index (κ3) is 5.53. The Morgan fingerprint density at radius 3 is 2.60 bits per heavy atom. The van der Waals surface area contributed by atoms with E-state index < -0.39 is 0 Å². The lowest BCUT2D eigenvalue weighted by Gasteiger charge is -2.10. The van der Waals surface area contributed by atoms with Crippen LogP contribution in [0.3, 0.4) is 0 Å². The largest absolute Gasteiger partial charge is 0.493 e. The van der Waals surface area contributed by atoms with Crippen LogP contribution >= 0.6 is 0 Å². The molecule has 132 valence electrons. The summed E-state index contributed by atoms with van der Waals surface area (Å²) in [6, 6.07) is 12.3. The van der Waals surface area contributed by atoms with Crippen molar-refractivity contribution in [3.63, 3.8) is 0 Å². The Kier molecular flexibility index (Phi) is 6.83. The maximum Gasteiger partial charge on any atom is 0.257 e. The van der Waals surface area contributed by atoms with Gasteiger partial charge in [-0.3, -0.25) is 9.59 Å². The molecule has 0 radical (unpaired) electrons. The quantitative estimate of drug-likeness (QED) is 0.707. The van der Waals surface area contributed by atoms with E-state index in [9.17, 15) is 9.59 Å². The molecule has 0 aromatic heterocycles. The molecule has 0 aliphatic carbocycles. The molecule has 0 spiro atoms. The average Bonchev–Trinajstić information content (AvgIpc) is 2.66. The number of hydrogen-bond acceptors (Lipinski definition) is 5. The molecule has 0 fully saturated rings. The fraction of sp³-hybridized carbons (Fsp3) is 0.263. The number of rotatable bonds is 9. The summed E-state index contributed by atoms with van der Waals surface area (Å²) < 4.78 is 15.8. The van der Waals surface area contributed by atoms with Crippen LogP contribution in [-0.2, 0) is 11.2 Å². The van der Waals surface area contributed by atoms with Gasteiger partial charge >= 0.3 is 0 Å². The molecule has 2 aromatic rings. The number of carbonyl (C=O) groups excluding carboxylic acids is 2. The van der Waals surface area contributed by atoms with Crippen LogP contribution in [0.1, 0.15) is 15.9 Å². The van der Waals surface area contributed by atoms with Crippen molar-refractivity contribution in [2.45, 2.75) is 6.42 Å². The molecular weight excluding hydrogens is 322 g/mol. The zero-order valence-electron chi connectivity index (χ0n) is 14.3. The molecule has 25 heavy (non-hydrogen) atoms. The second-order valence-corrected chi connectivity index (χ2v) is 5.27. The van der Waals surface area contributed by atoms with Gasteiger partial charge < -0.3 is 19.5 Å². The van der Waals surface area contributed by atoms with Gasteiger partial charge in [-0.2, -0.15) is 0 Å². The van der Waals surface area contributed by atoms with Gasteiger partial charge in [0.15, 0.2) is 18.1 Å². The Bertz CT molecular complexity index is 730. The van der Waals surface area contributed by atoms with Crippen LogP contribution in [0.2, 0.25) is 0 Å². The monoisotopic (exact) mass is 343 g/mol. The Labute approximate surface area is 146 Å². The Morgan fingerprint density at radius 1 is 1.08 bits per heavy atom. The van der Waals surface area contributed by atoms with Gasteiger partial charge in [-0.25, -0.2) is 0 Å². The van der Waals surface area contributed by atoms with Crippen LogP contribution in [0, 0.1) is 0 Å². The van der Waals surface area contributed by atoms with Gasteiger partial charge in [-0.05, 0) is 36.2 Å². The molecule has 0 unspecified atom stereocenters. The van der Waals surface area contributed by atoms with Gasteiger partial charge in [0.1, 0.15) is 12.0 Å². The number of carbonyl (C=O) groups is 2. The fourth-order valence-electron chi connectivity index (χ4n) is 2.26. The normalized spacial score (nSPS) is 10.0. The van der Waals surface area contributed by atoms with Gasteiger partial charge in [0.25, 0.3) is 5.91 Å². The third-order valence-electron chi connectivity index (χ3n) is 3.55. The van der Waals surface area contributed by atoms with Crippen LogP contribution in [0.4, 0.5) is 0 Å². The highest BCUT2D eigenvalue weighted by molar-refractivity contribution is 5.78. The summed E-state index contributed by atoms with van der Waals surface area (Å²) >= 11 is 0. The lowest BCUT2D eigenvalue weighted by molar-refractivity contribution is -0.123. The maximum absolute atomic E-state index is 11.8. The lowest BCUT2D eigenvalue weighted by atomic mass is 10.1. The Balaban J connectivity index is 1.77. The van der Waals surface area contributed by atoms with Crippen molar-refractivity contribution < 1.29 is 23.8 Å². The molecule has 0 atom stereocenters. The van der Waals surface area contributed by atoms with E-state index in [1.165, 1.54) is 0 Å². The second-order valence-electron chi connectivity index (χ2n) is 5.27. The molecule has 2 rings (SSSR count). The Morgan fingerprint density at radius 2 is 1.88 bits per heavy atom. The van der Waals surface area contributed by atoms with Crippen LogP contribution < -0.4 is 19.5 Å². The standard InChI is InChI=1S/C19H21NO5/c1-23-17-7-6-14(11-18(17)24-2)8-9-20-19(22)13-25-16-5-3-4-15(10-16)12-21/h3-7,10-12H,8-9,13H2,1-2H3,(H,20,22). The third-order valence-corrected chi connectivity index (χ3v) is 3.55. The minimum atomic E-state index is -0.225. The highest BCUT2D eigenvalue weighted by atomic mass is 16.5. The maximum atomic E-state index is 11.8. The second kappa shape index (κ2) is 9.32. The van der Waals surface area contributed by atoms with Crippen LogP contribution in [0.15, 0.2) is 42.5 Å². The summed E-state index contributed by atoms with van der Waals surface area (Å²) in [5, 5.41) is 2.79. The van der Waals surface area contributed by atoms with Gasteiger partial charge in [-0.15, -0.1) is 0 Å². The van der Waals surface area contributed by atoms with Crippen molar-refractivity contribution in [3.05, 3.63) is 53.6 Å². The van der Waals surface area contributed by atoms with E-state index in [2.05, 4.69) is 5.32 Å². The minimum absolute atomic E-state index is 0.103. The molecule has 1 N–H and O–H groups in total. The molecule has 1 amide bonds. The van der Waals surface area contributed by atoms with Crippen molar-refractivity contribution in [2.24, 2.45) is 0 Å². The average molecular weight is 343 g/mol. The number of aldehydes is 1. The predicted octanol–water partition coefficient (Wildman–Crippen LogP) is 2.25. The van der Waals surface area contributed by atoms with E-state index in [1.807, 2.05) is 18.2 Å². The molecule has 0 bridgehead atoms. The van der Waals surface area contributed by atoms with Crippen LogP contribution in [0.5, 0.6) is 17.2 Å². The van der Waals surface area contributed by atoms with E-state index >= 15 is 0 Å². The van der Waals surface area contributed by atoms with Crippen LogP contribution in [0.25, 0.3) is 0 Å². The van der Waals surface area contributed by atoms with E-state index in [4.69, 9.17) is 14.2 Å². The van der Waals surface area contributed by atoms with Crippen molar-refractivity contribution in [1.29, 1.82) is 0 Å². The van der Waals surface area contributed by atoms with Gasteiger partial charge in [0, 0.05) is 12.1 Å². The number of nitrogens with one attached hydrogen (secondary N) is 1. The van der Waals surface area contributed by atoms with E-state index in [1.54, 1.807) is 38.5 Å². The molecular formula is C19H21NO5. The van der Waals surface area contributed by atoms with Crippen molar-refractivity contribution in [2.75, 3.05) is 27.4 Å². The van der Waals surface area contributed by atoms with Gasteiger partial charge in [0.05, 0.1) is 14.2 Å². The zero-order valence-corrected chi connectivity index (χ0v) is 14.3. The lowest BCUT2D eigenvalue weighted by Crippen LogP contribution is -2.30. The Hall–Kier alpha value is -3.02. The van der Waals surface area contributed by atoms with E-state index in [-0.39, 0.29) is 12.5 Å². The van der Waals surface area contributed by atoms with Gasteiger partial charge in [0.2, 0.25) is 0 Å². The molecule has 0 aliphatic rings. The first-order valence-electron chi connectivity index (χ1n) is 7.82. The summed E-state index contributed by atoms with van der Waals surface area (Å²) in [6.07, 6.45) is 1.39. The zero-order chi connectivity index (χ0) is 18.1. The van der Waals surface area contributed by atoms with Crippen LogP contribution in [-0.4, -0.2) is 39.6 Å². The first-order chi connectivity index (χ1) is 12.2. The van der Waals surface area contributed by atoms with E-state index in [0.29, 0.717) is 35.8 Å². The number of benzene rings is 2. The molecule has 0 saturated carbocycles. The molecule has 6 heteroatoms. The summed E-state index contributed by atoms with van der Waals surface area (Å²) in [4.78, 5) is 22.5. The predicted molar refractivity (Wildman–Crippen MR) is 93.6 cm³/mol. The number of amides is 1.